The average Bonchev–Trinajstić information content (AvgIpc) is 2.00. The van der Waals surface area contributed by atoms with E-state index in [1.807, 2.05) is 0 Å². The Morgan fingerprint density at radius 1 is 1.47 bits per heavy atom. The number of esters is 1. The second-order valence-electron chi connectivity index (χ2n) is 4.18. The minimum atomic E-state index is -1.14. The van der Waals surface area contributed by atoms with Crippen molar-refractivity contribution in [3.8, 4) is 0 Å². The van der Waals surface area contributed by atoms with Gasteiger partial charge in [0.2, 0.25) is 0 Å². The number of nitrogens with two attached hydrogens (primary N) is 1. The highest BCUT2D eigenvalue weighted by molar-refractivity contribution is 9.10. The van der Waals surface area contributed by atoms with Gasteiger partial charge in [-0.1, -0.05) is 15.9 Å². The molecule has 0 saturated carbocycles. The van der Waals surface area contributed by atoms with Gasteiger partial charge in [0.15, 0.2) is 0 Å². The molecule has 0 aliphatic heterocycles. The zero-order chi connectivity index (χ0) is 12.2. The Kier molecular flexibility index (Phi) is 5.23. The molecule has 0 aliphatic rings. The monoisotopic (exact) mass is 281 g/mol. The van der Waals surface area contributed by atoms with Gasteiger partial charge in [0.05, 0.1) is 0 Å². The Bertz CT molecular complexity index is 249. The molecule has 0 radical (unpaired) electrons. The molecular formula is C9H16BrNO4. The fraction of sp³-hybridized carbons (Fsp3) is 0.778. The number of carbonyl (C=O) groups excluding carboxylic acids is 1. The van der Waals surface area contributed by atoms with E-state index in [9.17, 15) is 9.59 Å². The molecule has 6 heteroatoms. The lowest BCUT2D eigenvalue weighted by Crippen LogP contribution is -2.37. The maximum Gasteiger partial charge on any atom is 0.320 e. The fourth-order valence-corrected chi connectivity index (χ4v) is 1.28. The maximum atomic E-state index is 11.4. The summed E-state index contributed by atoms with van der Waals surface area (Å²) in [5.41, 5.74) is 4.69. The molecular weight excluding hydrogens is 266 g/mol. The van der Waals surface area contributed by atoms with Crippen LogP contribution >= 0.6 is 15.9 Å². The van der Waals surface area contributed by atoms with Gasteiger partial charge in [-0.3, -0.25) is 9.59 Å². The van der Waals surface area contributed by atoms with Crippen LogP contribution < -0.4 is 5.73 Å². The molecule has 0 heterocycles. The molecule has 2 unspecified atom stereocenters. The first-order chi connectivity index (χ1) is 6.63. The summed E-state index contributed by atoms with van der Waals surface area (Å²) in [4.78, 5) is 21.2. The maximum absolute atomic E-state index is 11.4. The smallest absolute Gasteiger partial charge is 0.320 e. The molecule has 5 nitrogen and oxygen atoms in total. The summed E-state index contributed by atoms with van der Waals surface area (Å²) in [5.74, 6) is -1.64. The van der Waals surface area contributed by atoms with Gasteiger partial charge < -0.3 is 15.6 Å². The fourth-order valence-electron chi connectivity index (χ4n) is 0.786. The molecule has 0 aromatic heterocycles. The van der Waals surface area contributed by atoms with Gasteiger partial charge >= 0.3 is 11.9 Å². The van der Waals surface area contributed by atoms with Crippen LogP contribution in [0.5, 0.6) is 0 Å². The lowest BCUT2D eigenvalue weighted by Gasteiger charge is -2.22. The SMILES string of the molecule is CC(C)(C)OC(=O)C(Br)CC(N)C(=O)O. The molecule has 2 atom stereocenters. The number of alkyl halides is 1. The van der Waals surface area contributed by atoms with Crippen molar-refractivity contribution >= 4 is 27.9 Å². The number of ether oxygens (including phenoxy) is 1. The molecule has 0 bridgehead atoms. The number of halogens is 1. The molecule has 0 rings (SSSR count). The van der Waals surface area contributed by atoms with Crippen molar-refractivity contribution < 1.29 is 19.4 Å². The van der Waals surface area contributed by atoms with Crippen LogP contribution in [0.4, 0.5) is 0 Å². The third-order valence-electron chi connectivity index (χ3n) is 1.44. The normalized spacial score (nSPS) is 15.5. The minimum Gasteiger partial charge on any atom is -0.480 e. The number of carboxylic acids is 1. The van der Waals surface area contributed by atoms with E-state index in [1.165, 1.54) is 0 Å². The third kappa shape index (κ3) is 6.46. The number of hydrogen-bond donors (Lipinski definition) is 2. The summed E-state index contributed by atoms with van der Waals surface area (Å²) >= 11 is 3.05. The highest BCUT2D eigenvalue weighted by Crippen LogP contribution is 2.15. The first-order valence-corrected chi connectivity index (χ1v) is 5.40. The number of carbonyl (C=O) groups is 2. The van der Waals surface area contributed by atoms with Gasteiger partial charge in [-0.05, 0) is 27.2 Å². The highest BCUT2D eigenvalue weighted by atomic mass is 79.9. The van der Waals surface area contributed by atoms with Crippen LogP contribution in [0, 0.1) is 0 Å². The number of rotatable bonds is 4. The van der Waals surface area contributed by atoms with Crippen LogP contribution in [-0.2, 0) is 14.3 Å². The lowest BCUT2D eigenvalue weighted by molar-refractivity contribution is -0.154. The van der Waals surface area contributed by atoms with Crippen molar-refractivity contribution in [2.75, 3.05) is 0 Å². The quantitative estimate of drug-likeness (QED) is 0.590. The number of carboxylic acid groups (broad SMARTS) is 1. The Morgan fingerprint density at radius 3 is 2.27 bits per heavy atom. The summed E-state index contributed by atoms with van der Waals surface area (Å²) in [6, 6.07) is -1.07. The van der Waals surface area contributed by atoms with Gasteiger partial charge in [0.1, 0.15) is 16.5 Å². The van der Waals surface area contributed by atoms with E-state index in [2.05, 4.69) is 15.9 Å². The minimum absolute atomic E-state index is 0.00421. The van der Waals surface area contributed by atoms with Gasteiger partial charge in [-0.2, -0.15) is 0 Å². The van der Waals surface area contributed by atoms with Gasteiger partial charge in [-0.15, -0.1) is 0 Å². The van der Waals surface area contributed by atoms with Gasteiger partial charge in [-0.25, -0.2) is 0 Å². The standard InChI is InChI=1S/C9H16BrNO4/c1-9(2,3)15-8(14)5(10)4-6(11)7(12)13/h5-6H,4,11H2,1-3H3,(H,12,13). The topological polar surface area (TPSA) is 89.6 Å². The van der Waals surface area contributed by atoms with Crippen molar-refractivity contribution in [3.63, 3.8) is 0 Å². The number of aliphatic carboxylic acids is 1. The molecule has 15 heavy (non-hydrogen) atoms. The third-order valence-corrected chi connectivity index (χ3v) is 2.19. The predicted molar refractivity (Wildman–Crippen MR) is 58.8 cm³/mol. The van der Waals surface area contributed by atoms with Crippen molar-refractivity contribution in [1.29, 1.82) is 0 Å². The molecule has 0 amide bonds. The van der Waals surface area contributed by atoms with Crippen LogP contribution in [0.2, 0.25) is 0 Å². The van der Waals surface area contributed by atoms with Crippen molar-refractivity contribution in [2.24, 2.45) is 5.73 Å². The zero-order valence-corrected chi connectivity index (χ0v) is 10.6. The first kappa shape index (κ1) is 14.4. The van der Waals surface area contributed by atoms with Crippen molar-refractivity contribution in [1.82, 2.24) is 0 Å². The highest BCUT2D eigenvalue weighted by Gasteiger charge is 2.26. The van der Waals surface area contributed by atoms with Gasteiger partial charge in [0.25, 0.3) is 0 Å². The molecule has 0 saturated heterocycles. The first-order valence-electron chi connectivity index (χ1n) is 4.49. The number of hydrogen-bond acceptors (Lipinski definition) is 4. The zero-order valence-electron chi connectivity index (χ0n) is 8.99. The summed E-state index contributed by atoms with van der Waals surface area (Å²) in [5, 5.41) is 8.55. The van der Waals surface area contributed by atoms with Crippen molar-refractivity contribution in [2.45, 2.75) is 43.7 Å². The molecule has 88 valence electrons. The van der Waals surface area contributed by atoms with Gasteiger partial charge in [0, 0.05) is 0 Å². The van der Waals surface area contributed by atoms with Crippen LogP contribution in [0.15, 0.2) is 0 Å². The van der Waals surface area contributed by atoms with E-state index >= 15 is 0 Å². The molecule has 0 aromatic rings. The van der Waals surface area contributed by atoms with E-state index in [1.54, 1.807) is 20.8 Å². The van der Waals surface area contributed by atoms with E-state index < -0.39 is 28.4 Å². The average molecular weight is 282 g/mol. The van der Waals surface area contributed by atoms with E-state index in [0.717, 1.165) is 0 Å². The molecule has 0 aromatic carbocycles. The molecule has 0 spiro atoms. The van der Waals surface area contributed by atoms with Crippen LogP contribution in [0.3, 0.4) is 0 Å². The predicted octanol–water partition coefficient (Wildman–Crippen LogP) is 0.894. The summed E-state index contributed by atoms with van der Waals surface area (Å²) in [6.07, 6.45) is 0.00421. The van der Waals surface area contributed by atoms with Crippen LogP contribution in [0.1, 0.15) is 27.2 Å². The Balaban J connectivity index is 4.17. The summed E-state index contributed by atoms with van der Waals surface area (Å²) in [6.45, 7) is 5.21. The van der Waals surface area contributed by atoms with Crippen LogP contribution in [-0.4, -0.2) is 33.5 Å². The lowest BCUT2D eigenvalue weighted by atomic mass is 10.1. The second kappa shape index (κ2) is 5.46. The van der Waals surface area contributed by atoms with Crippen LogP contribution in [0.25, 0.3) is 0 Å². The van der Waals surface area contributed by atoms with E-state index in [0.29, 0.717) is 0 Å². The summed E-state index contributed by atoms with van der Waals surface area (Å²) in [7, 11) is 0. The Hall–Kier alpha value is -0.620. The largest absolute Gasteiger partial charge is 0.480 e. The molecule has 3 N–H and O–H groups in total. The second-order valence-corrected chi connectivity index (χ2v) is 5.29. The Labute approximate surface area is 97.1 Å². The summed E-state index contributed by atoms with van der Waals surface area (Å²) < 4.78 is 5.05. The van der Waals surface area contributed by atoms with E-state index in [-0.39, 0.29) is 6.42 Å². The Morgan fingerprint density at radius 2 is 1.93 bits per heavy atom. The molecule has 0 aliphatic carbocycles. The van der Waals surface area contributed by atoms with E-state index in [4.69, 9.17) is 15.6 Å². The molecule has 0 fully saturated rings. The van der Waals surface area contributed by atoms with Crippen molar-refractivity contribution in [3.05, 3.63) is 0 Å².